The minimum Gasteiger partial charge on any atom is -0.338 e. The molecule has 0 aromatic heterocycles. The summed E-state index contributed by atoms with van der Waals surface area (Å²) < 4.78 is 0. The van der Waals surface area contributed by atoms with Crippen LogP contribution in [-0.4, -0.2) is 18.1 Å². The van der Waals surface area contributed by atoms with Gasteiger partial charge in [0.25, 0.3) is 0 Å². The molecule has 1 N–H and O–H groups in total. The van der Waals surface area contributed by atoms with Crippen LogP contribution in [0.4, 0.5) is 5.69 Å². The third kappa shape index (κ3) is 0.957. The van der Waals surface area contributed by atoms with Crippen LogP contribution >= 0.6 is 0 Å². The predicted octanol–water partition coefficient (Wildman–Crippen LogP) is 2.39. The molecule has 1 aliphatic carbocycles. The first-order valence-corrected chi connectivity index (χ1v) is 6.48. The van der Waals surface area contributed by atoms with E-state index in [-0.39, 0.29) is 16.7 Å². The maximum Gasteiger partial charge on any atom is 0.248 e. The van der Waals surface area contributed by atoms with Gasteiger partial charge >= 0.3 is 0 Å². The van der Waals surface area contributed by atoms with E-state index in [9.17, 15) is 4.79 Å². The summed E-state index contributed by atoms with van der Waals surface area (Å²) >= 11 is 0. The van der Waals surface area contributed by atoms with Crippen LogP contribution in [0.2, 0.25) is 0 Å². The van der Waals surface area contributed by atoms with Crippen LogP contribution in [0.1, 0.15) is 27.7 Å². The van der Waals surface area contributed by atoms with Crippen molar-refractivity contribution in [1.29, 1.82) is 0 Å². The fourth-order valence-electron chi connectivity index (χ4n) is 3.94. The second-order valence-corrected chi connectivity index (χ2v) is 6.39. The molecule has 18 heavy (non-hydrogen) atoms. The average Bonchev–Trinajstić information content (AvgIpc) is 2.64. The van der Waals surface area contributed by atoms with Crippen molar-refractivity contribution in [1.82, 2.24) is 5.32 Å². The lowest BCUT2D eigenvalue weighted by molar-refractivity contribution is -0.122. The van der Waals surface area contributed by atoms with Crippen LogP contribution in [0.15, 0.2) is 30.3 Å². The van der Waals surface area contributed by atoms with E-state index in [1.165, 1.54) is 0 Å². The first-order valence-electron chi connectivity index (χ1n) is 6.48. The lowest BCUT2D eigenvalue weighted by Gasteiger charge is -2.28. The quantitative estimate of drug-likeness (QED) is 0.822. The summed E-state index contributed by atoms with van der Waals surface area (Å²) in [6, 6.07) is 10.2. The lowest BCUT2D eigenvalue weighted by Crippen LogP contribution is -2.42. The Kier molecular flexibility index (Phi) is 1.98. The van der Waals surface area contributed by atoms with Crippen LogP contribution in [0.5, 0.6) is 0 Å². The van der Waals surface area contributed by atoms with Gasteiger partial charge in [0.1, 0.15) is 5.54 Å². The van der Waals surface area contributed by atoms with E-state index < -0.39 is 5.54 Å². The molecule has 1 aromatic carbocycles. The Bertz CT molecular complexity index is 490. The topological polar surface area (TPSA) is 32.3 Å². The Morgan fingerprint density at radius 3 is 2.11 bits per heavy atom. The average molecular weight is 244 g/mol. The van der Waals surface area contributed by atoms with Crippen LogP contribution < -0.4 is 10.2 Å². The van der Waals surface area contributed by atoms with E-state index in [4.69, 9.17) is 0 Å². The van der Waals surface area contributed by atoms with E-state index in [1.807, 2.05) is 18.2 Å². The molecule has 3 heteroatoms. The molecular weight excluding hydrogens is 224 g/mol. The first-order chi connectivity index (χ1) is 8.37. The highest BCUT2D eigenvalue weighted by atomic mass is 16.2. The van der Waals surface area contributed by atoms with Crippen molar-refractivity contribution >= 4 is 11.6 Å². The number of carbonyl (C=O) groups excluding carboxylic acids is 1. The number of amides is 1. The first kappa shape index (κ1) is 11.6. The third-order valence-corrected chi connectivity index (χ3v) is 5.51. The standard InChI is InChI=1S/C15H20N2O/c1-13(2)14(3,4)15(13)12(18)16-10-17(15)11-8-6-5-7-9-11/h5-9H,10H2,1-4H3,(H,16,18). The van der Waals surface area contributed by atoms with Gasteiger partial charge in [-0.2, -0.15) is 0 Å². The number of nitrogens with one attached hydrogen (secondary N) is 1. The molecule has 96 valence electrons. The molecule has 1 spiro atoms. The van der Waals surface area contributed by atoms with Gasteiger partial charge < -0.3 is 10.2 Å². The summed E-state index contributed by atoms with van der Waals surface area (Å²) in [5.41, 5.74) is 0.684. The van der Waals surface area contributed by atoms with Crippen molar-refractivity contribution < 1.29 is 4.79 Å². The summed E-state index contributed by atoms with van der Waals surface area (Å²) in [7, 11) is 0. The number of anilines is 1. The fourth-order valence-corrected chi connectivity index (χ4v) is 3.94. The second kappa shape index (κ2) is 3.08. The van der Waals surface area contributed by atoms with Gasteiger partial charge in [0.15, 0.2) is 0 Å². The monoisotopic (exact) mass is 244 g/mol. The minimum atomic E-state index is -0.401. The number of para-hydroxylation sites is 1. The molecule has 3 nitrogen and oxygen atoms in total. The van der Waals surface area contributed by atoms with E-state index in [0.29, 0.717) is 6.67 Å². The highest BCUT2D eigenvalue weighted by molar-refractivity contribution is 6.00. The fraction of sp³-hybridized carbons (Fsp3) is 0.533. The molecular formula is C15H20N2O. The van der Waals surface area contributed by atoms with Crippen molar-refractivity contribution in [3.8, 4) is 0 Å². The number of nitrogens with zero attached hydrogens (tertiary/aromatic N) is 1. The normalized spacial score (nSPS) is 26.2. The van der Waals surface area contributed by atoms with Gasteiger partial charge in [-0.1, -0.05) is 45.9 Å². The molecule has 0 bridgehead atoms. The van der Waals surface area contributed by atoms with Gasteiger partial charge in [0.2, 0.25) is 5.91 Å². The molecule has 0 atom stereocenters. The SMILES string of the molecule is CC1(C)C(C)(C)C12C(=O)NCN2c1ccccc1. The molecule has 1 amide bonds. The van der Waals surface area contributed by atoms with E-state index in [2.05, 4.69) is 50.0 Å². The maximum absolute atomic E-state index is 12.4. The number of carbonyl (C=O) groups is 1. The van der Waals surface area contributed by atoms with Gasteiger partial charge in [-0.3, -0.25) is 4.79 Å². The van der Waals surface area contributed by atoms with Crippen LogP contribution in [-0.2, 0) is 4.79 Å². The zero-order valence-electron chi connectivity index (χ0n) is 11.4. The second-order valence-electron chi connectivity index (χ2n) is 6.39. The molecule has 1 saturated heterocycles. The zero-order chi connectivity index (χ0) is 13.2. The summed E-state index contributed by atoms with van der Waals surface area (Å²) in [5.74, 6) is 0.168. The summed E-state index contributed by atoms with van der Waals surface area (Å²) in [5, 5.41) is 3.02. The van der Waals surface area contributed by atoms with Gasteiger partial charge in [0.05, 0.1) is 6.67 Å². The highest BCUT2D eigenvalue weighted by Gasteiger charge is 2.85. The van der Waals surface area contributed by atoms with Gasteiger partial charge in [-0.25, -0.2) is 0 Å². The molecule has 1 aromatic rings. The molecule has 0 unspecified atom stereocenters. The van der Waals surface area contributed by atoms with E-state index >= 15 is 0 Å². The number of benzene rings is 1. The number of hydrogen-bond donors (Lipinski definition) is 1. The molecule has 2 fully saturated rings. The Hall–Kier alpha value is -1.51. The molecule has 1 heterocycles. The van der Waals surface area contributed by atoms with Gasteiger partial charge in [0, 0.05) is 16.5 Å². The number of rotatable bonds is 1. The smallest absolute Gasteiger partial charge is 0.248 e. The highest BCUT2D eigenvalue weighted by Crippen LogP contribution is 2.75. The van der Waals surface area contributed by atoms with Crippen LogP contribution in [0, 0.1) is 10.8 Å². The van der Waals surface area contributed by atoms with Crippen molar-refractivity contribution in [2.24, 2.45) is 10.8 Å². The van der Waals surface area contributed by atoms with Crippen molar-refractivity contribution in [3.05, 3.63) is 30.3 Å². The summed E-state index contributed by atoms with van der Waals surface area (Å²) in [6.45, 7) is 9.36. The Balaban J connectivity index is 2.12. The minimum absolute atomic E-state index is 0.0174. The molecule has 2 aliphatic rings. The van der Waals surface area contributed by atoms with Crippen molar-refractivity contribution in [2.75, 3.05) is 11.6 Å². The third-order valence-electron chi connectivity index (χ3n) is 5.51. The van der Waals surface area contributed by atoms with Crippen LogP contribution in [0.25, 0.3) is 0 Å². The largest absolute Gasteiger partial charge is 0.338 e. The van der Waals surface area contributed by atoms with Crippen LogP contribution in [0.3, 0.4) is 0 Å². The predicted molar refractivity (Wildman–Crippen MR) is 72.2 cm³/mol. The zero-order valence-corrected chi connectivity index (χ0v) is 11.4. The summed E-state index contributed by atoms with van der Waals surface area (Å²) in [4.78, 5) is 14.7. The Morgan fingerprint density at radius 2 is 1.61 bits per heavy atom. The lowest BCUT2D eigenvalue weighted by atomic mass is 10.0. The summed E-state index contributed by atoms with van der Waals surface area (Å²) in [6.07, 6.45) is 0. The van der Waals surface area contributed by atoms with Gasteiger partial charge in [-0.15, -0.1) is 0 Å². The Morgan fingerprint density at radius 1 is 1.06 bits per heavy atom. The number of hydrogen-bond acceptors (Lipinski definition) is 2. The van der Waals surface area contributed by atoms with E-state index in [1.54, 1.807) is 0 Å². The Labute approximate surface area is 108 Å². The maximum atomic E-state index is 12.4. The van der Waals surface area contributed by atoms with Crippen molar-refractivity contribution in [2.45, 2.75) is 33.2 Å². The van der Waals surface area contributed by atoms with Crippen molar-refractivity contribution in [3.63, 3.8) is 0 Å². The molecule has 1 saturated carbocycles. The van der Waals surface area contributed by atoms with Gasteiger partial charge in [-0.05, 0) is 12.1 Å². The molecule has 3 rings (SSSR count). The van der Waals surface area contributed by atoms with E-state index in [0.717, 1.165) is 5.69 Å². The molecule has 1 aliphatic heterocycles. The molecule has 0 radical (unpaired) electrons.